The van der Waals surface area contributed by atoms with Gasteiger partial charge in [-0.05, 0) is 38.8 Å². The lowest BCUT2D eigenvalue weighted by Crippen LogP contribution is -2.44. The highest BCUT2D eigenvalue weighted by Gasteiger charge is 2.13. The zero-order valence-corrected chi connectivity index (χ0v) is 14.1. The quantitative estimate of drug-likeness (QED) is 0.542. The van der Waals surface area contributed by atoms with E-state index in [2.05, 4.69) is 23.8 Å². The lowest BCUT2D eigenvalue weighted by atomic mass is 9.96. The third-order valence-electron chi connectivity index (χ3n) is 4.55. The van der Waals surface area contributed by atoms with Crippen molar-refractivity contribution in [3.8, 4) is 0 Å². The molecule has 0 saturated carbocycles. The van der Waals surface area contributed by atoms with E-state index in [1.807, 2.05) is 7.11 Å². The van der Waals surface area contributed by atoms with Crippen LogP contribution in [0.3, 0.4) is 0 Å². The minimum atomic E-state index is 0.795. The third-order valence-corrected chi connectivity index (χ3v) is 4.55. The Hall–Kier alpha value is -0.120. The number of nitrogens with zero attached hydrogens (tertiary/aromatic N) is 2. The van der Waals surface area contributed by atoms with Gasteiger partial charge in [0.1, 0.15) is 0 Å². The van der Waals surface area contributed by atoms with Crippen LogP contribution in [0.4, 0.5) is 0 Å². The van der Waals surface area contributed by atoms with Crippen LogP contribution in [0.25, 0.3) is 0 Å². The van der Waals surface area contributed by atoms with E-state index in [0.717, 1.165) is 12.5 Å². The minimum absolute atomic E-state index is 0.795. The van der Waals surface area contributed by atoms with Gasteiger partial charge in [-0.25, -0.2) is 0 Å². The number of likely N-dealkylation sites (N-methyl/N-ethyl adjacent to an activating group) is 1. The number of hydrogen-bond donors (Lipinski definition) is 0. The second-order valence-corrected chi connectivity index (χ2v) is 6.46. The third kappa shape index (κ3) is 8.23. The first-order chi connectivity index (χ1) is 9.76. The van der Waals surface area contributed by atoms with E-state index in [0.29, 0.717) is 0 Å². The fraction of sp³-hybridized carbons (Fsp3) is 1.00. The molecule has 1 atom stereocenters. The normalized spacial score (nSPS) is 19.4. The maximum Gasteiger partial charge on any atom is 0.0490 e. The van der Waals surface area contributed by atoms with Crippen LogP contribution in [-0.2, 0) is 4.74 Å². The summed E-state index contributed by atoms with van der Waals surface area (Å²) < 4.78 is 5.35. The molecule has 1 aliphatic heterocycles. The fourth-order valence-corrected chi connectivity index (χ4v) is 3.06. The Balaban J connectivity index is 1.99. The number of unbranched alkanes of at least 4 members (excludes halogenated alkanes) is 3. The molecule has 0 bridgehead atoms. The predicted octanol–water partition coefficient (Wildman–Crippen LogP) is 3.25. The number of hydrogen-bond acceptors (Lipinski definition) is 3. The zero-order valence-electron chi connectivity index (χ0n) is 14.1. The predicted molar refractivity (Wildman–Crippen MR) is 87.3 cm³/mol. The maximum absolute atomic E-state index is 5.35. The van der Waals surface area contributed by atoms with Gasteiger partial charge in [-0.15, -0.1) is 0 Å². The largest absolute Gasteiger partial charge is 0.384 e. The SMILES string of the molecule is CCCC[C@H](CCCCCN1CCN(C)CC1)COC. The number of methoxy groups -OCH3 is 1. The number of ether oxygens (including phenoxy) is 1. The Morgan fingerprint density at radius 3 is 2.30 bits per heavy atom. The summed E-state index contributed by atoms with van der Waals surface area (Å²) in [5, 5.41) is 0. The first-order valence-corrected chi connectivity index (χ1v) is 8.66. The Kier molecular flexibility index (Phi) is 10.3. The topological polar surface area (TPSA) is 15.7 Å². The number of piperazine rings is 1. The lowest BCUT2D eigenvalue weighted by Gasteiger charge is -2.32. The summed E-state index contributed by atoms with van der Waals surface area (Å²) in [6, 6.07) is 0. The molecule has 0 radical (unpaired) electrons. The van der Waals surface area contributed by atoms with Crippen molar-refractivity contribution in [1.82, 2.24) is 9.80 Å². The zero-order chi connectivity index (χ0) is 14.6. The van der Waals surface area contributed by atoms with E-state index in [9.17, 15) is 0 Å². The molecule has 3 nitrogen and oxygen atoms in total. The van der Waals surface area contributed by atoms with E-state index in [1.54, 1.807) is 0 Å². The van der Waals surface area contributed by atoms with Gasteiger partial charge in [0, 0.05) is 39.9 Å². The average molecular weight is 284 g/mol. The first-order valence-electron chi connectivity index (χ1n) is 8.66. The van der Waals surface area contributed by atoms with Gasteiger partial charge in [0.25, 0.3) is 0 Å². The molecule has 0 unspecified atom stereocenters. The molecule has 0 aromatic rings. The van der Waals surface area contributed by atoms with Crippen molar-refractivity contribution >= 4 is 0 Å². The van der Waals surface area contributed by atoms with Crippen LogP contribution < -0.4 is 0 Å². The van der Waals surface area contributed by atoms with E-state index >= 15 is 0 Å². The van der Waals surface area contributed by atoms with Crippen LogP contribution in [0.5, 0.6) is 0 Å². The van der Waals surface area contributed by atoms with Gasteiger partial charge >= 0.3 is 0 Å². The van der Waals surface area contributed by atoms with Gasteiger partial charge in [0.15, 0.2) is 0 Å². The Morgan fingerprint density at radius 2 is 1.65 bits per heavy atom. The highest BCUT2D eigenvalue weighted by Crippen LogP contribution is 2.17. The number of rotatable bonds is 11. The Bertz CT molecular complexity index is 215. The van der Waals surface area contributed by atoms with Crippen molar-refractivity contribution in [2.45, 2.75) is 51.9 Å². The smallest absolute Gasteiger partial charge is 0.0490 e. The van der Waals surface area contributed by atoms with Gasteiger partial charge in [-0.1, -0.05) is 32.6 Å². The van der Waals surface area contributed by atoms with Crippen LogP contribution >= 0.6 is 0 Å². The van der Waals surface area contributed by atoms with Crippen LogP contribution in [0.2, 0.25) is 0 Å². The molecule has 1 rings (SSSR count). The summed E-state index contributed by atoms with van der Waals surface area (Å²) in [5.74, 6) is 0.795. The molecule has 20 heavy (non-hydrogen) atoms. The van der Waals surface area contributed by atoms with Crippen molar-refractivity contribution in [3.63, 3.8) is 0 Å². The van der Waals surface area contributed by atoms with Gasteiger partial charge in [0.2, 0.25) is 0 Å². The molecule has 0 N–H and O–H groups in total. The molecule has 0 spiro atoms. The van der Waals surface area contributed by atoms with E-state index in [-0.39, 0.29) is 0 Å². The fourth-order valence-electron chi connectivity index (χ4n) is 3.06. The molecular weight excluding hydrogens is 248 g/mol. The average Bonchev–Trinajstić information content (AvgIpc) is 2.46. The molecule has 120 valence electrons. The van der Waals surface area contributed by atoms with Crippen molar-refractivity contribution < 1.29 is 4.74 Å². The Labute approximate surface area is 126 Å². The molecule has 1 fully saturated rings. The van der Waals surface area contributed by atoms with Gasteiger partial charge < -0.3 is 14.5 Å². The van der Waals surface area contributed by atoms with Gasteiger partial charge in [-0.2, -0.15) is 0 Å². The molecule has 0 aliphatic carbocycles. The molecule has 1 heterocycles. The van der Waals surface area contributed by atoms with Crippen molar-refractivity contribution in [1.29, 1.82) is 0 Å². The molecule has 1 aliphatic rings. The molecule has 0 aromatic heterocycles. The molecule has 0 aromatic carbocycles. The second kappa shape index (κ2) is 11.5. The monoisotopic (exact) mass is 284 g/mol. The summed E-state index contributed by atoms with van der Waals surface area (Å²) >= 11 is 0. The van der Waals surface area contributed by atoms with Crippen molar-refractivity contribution in [2.24, 2.45) is 5.92 Å². The molecule has 3 heteroatoms. The second-order valence-electron chi connectivity index (χ2n) is 6.46. The standard InChI is InChI=1S/C17H36N2O/c1-4-5-9-17(16-20-3)10-7-6-8-11-19-14-12-18(2)13-15-19/h17H,4-16H2,1-3H3/t17-/m1/s1. The van der Waals surface area contributed by atoms with E-state index in [1.165, 1.54) is 77.7 Å². The molecule has 1 saturated heterocycles. The van der Waals surface area contributed by atoms with E-state index in [4.69, 9.17) is 4.74 Å². The van der Waals surface area contributed by atoms with Crippen LogP contribution in [0.15, 0.2) is 0 Å². The summed E-state index contributed by atoms with van der Waals surface area (Å²) in [4.78, 5) is 5.06. The molecular formula is C17H36N2O. The first kappa shape index (κ1) is 17.9. The summed E-state index contributed by atoms with van der Waals surface area (Å²) in [5.41, 5.74) is 0. The minimum Gasteiger partial charge on any atom is -0.384 e. The van der Waals surface area contributed by atoms with Crippen molar-refractivity contribution in [3.05, 3.63) is 0 Å². The molecule has 0 amide bonds. The van der Waals surface area contributed by atoms with Crippen LogP contribution in [0.1, 0.15) is 51.9 Å². The highest BCUT2D eigenvalue weighted by molar-refractivity contribution is 4.69. The summed E-state index contributed by atoms with van der Waals surface area (Å²) in [6.07, 6.45) is 9.51. The van der Waals surface area contributed by atoms with Gasteiger partial charge in [-0.3, -0.25) is 0 Å². The van der Waals surface area contributed by atoms with Crippen LogP contribution in [-0.4, -0.2) is 63.3 Å². The van der Waals surface area contributed by atoms with Crippen LogP contribution in [0, 0.1) is 5.92 Å². The maximum atomic E-state index is 5.35. The van der Waals surface area contributed by atoms with E-state index < -0.39 is 0 Å². The Morgan fingerprint density at radius 1 is 0.950 bits per heavy atom. The van der Waals surface area contributed by atoms with Gasteiger partial charge in [0.05, 0.1) is 0 Å². The highest BCUT2D eigenvalue weighted by atomic mass is 16.5. The summed E-state index contributed by atoms with van der Waals surface area (Å²) in [6.45, 7) is 9.55. The van der Waals surface area contributed by atoms with Crippen molar-refractivity contribution in [2.75, 3.05) is 53.5 Å². The summed E-state index contributed by atoms with van der Waals surface area (Å²) in [7, 11) is 4.07. The lowest BCUT2D eigenvalue weighted by molar-refractivity contribution is 0.138.